The summed E-state index contributed by atoms with van der Waals surface area (Å²) in [5.41, 5.74) is 1.42. The molecule has 0 saturated heterocycles. The predicted octanol–water partition coefficient (Wildman–Crippen LogP) is 0.424. The van der Waals surface area contributed by atoms with Crippen LogP contribution >= 0.6 is 0 Å². The molecule has 0 radical (unpaired) electrons. The van der Waals surface area contributed by atoms with Gasteiger partial charge in [0, 0.05) is 19.3 Å². The van der Waals surface area contributed by atoms with Crippen LogP contribution in [0, 0.1) is 11.3 Å². The highest BCUT2D eigenvalue weighted by atomic mass is 16.3. The molecule has 0 aliphatic carbocycles. The van der Waals surface area contributed by atoms with Gasteiger partial charge in [-0.25, -0.2) is 4.98 Å². The Hall–Kier alpha value is -1.44. The Labute approximate surface area is 83.2 Å². The van der Waals surface area contributed by atoms with Crippen molar-refractivity contribution in [1.29, 1.82) is 5.26 Å². The molecule has 1 aromatic rings. The molecule has 0 spiro atoms. The van der Waals surface area contributed by atoms with Crippen molar-refractivity contribution in [3.05, 3.63) is 29.6 Å². The number of aliphatic hydroxyl groups is 1. The molecule has 1 aromatic heterocycles. The lowest BCUT2D eigenvalue weighted by atomic mass is 10.2. The van der Waals surface area contributed by atoms with Gasteiger partial charge in [0.2, 0.25) is 0 Å². The van der Waals surface area contributed by atoms with E-state index < -0.39 is 0 Å². The molecule has 0 aliphatic rings. The molecule has 1 heterocycles. The molecule has 1 unspecified atom stereocenters. The van der Waals surface area contributed by atoms with E-state index in [0.29, 0.717) is 18.8 Å². The van der Waals surface area contributed by atoms with Crippen LogP contribution in [0.25, 0.3) is 0 Å². The van der Waals surface area contributed by atoms with E-state index in [1.807, 2.05) is 12.1 Å². The minimum absolute atomic E-state index is 0.354. The average Bonchev–Trinajstić information content (AvgIpc) is 2.18. The highest BCUT2D eigenvalue weighted by Gasteiger charge is 1.97. The second-order valence-corrected chi connectivity index (χ2v) is 3.14. The number of nitrogens with zero attached hydrogens (tertiary/aromatic N) is 2. The standard InChI is InChI=1S/C10H13N3O/c1-8(14)6-12-7-9-2-3-13-10(4-9)5-11/h2-4,8,12,14H,6-7H2,1H3. The topological polar surface area (TPSA) is 68.9 Å². The van der Waals surface area contributed by atoms with Crippen LogP contribution < -0.4 is 5.32 Å². The number of aromatic nitrogens is 1. The summed E-state index contributed by atoms with van der Waals surface area (Å²) in [5, 5.41) is 20.7. The zero-order valence-corrected chi connectivity index (χ0v) is 8.07. The second kappa shape index (κ2) is 5.32. The molecule has 1 atom stereocenters. The van der Waals surface area contributed by atoms with Crippen molar-refractivity contribution in [2.45, 2.75) is 19.6 Å². The first-order chi connectivity index (χ1) is 6.72. The van der Waals surface area contributed by atoms with Gasteiger partial charge in [0.25, 0.3) is 0 Å². The highest BCUT2D eigenvalue weighted by Crippen LogP contribution is 1.99. The molecule has 0 fully saturated rings. The Bertz CT molecular complexity index is 330. The molecule has 0 bridgehead atoms. The first kappa shape index (κ1) is 10.6. The van der Waals surface area contributed by atoms with E-state index in [1.165, 1.54) is 0 Å². The van der Waals surface area contributed by atoms with Crippen molar-refractivity contribution in [3.8, 4) is 6.07 Å². The van der Waals surface area contributed by atoms with Gasteiger partial charge in [0.15, 0.2) is 0 Å². The Morgan fingerprint density at radius 2 is 2.50 bits per heavy atom. The molecule has 2 N–H and O–H groups in total. The van der Waals surface area contributed by atoms with Crippen molar-refractivity contribution >= 4 is 0 Å². The predicted molar refractivity (Wildman–Crippen MR) is 52.3 cm³/mol. The fraction of sp³-hybridized carbons (Fsp3) is 0.400. The van der Waals surface area contributed by atoms with Gasteiger partial charge in [-0.1, -0.05) is 0 Å². The molecular formula is C10H13N3O. The third kappa shape index (κ3) is 3.52. The van der Waals surface area contributed by atoms with Gasteiger partial charge in [-0.2, -0.15) is 5.26 Å². The van der Waals surface area contributed by atoms with Crippen LogP contribution in [-0.4, -0.2) is 22.7 Å². The van der Waals surface area contributed by atoms with Crippen LogP contribution in [-0.2, 0) is 6.54 Å². The minimum atomic E-state index is -0.354. The number of aliphatic hydroxyl groups excluding tert-OH is 1. The van der Waals surface area contributed by atoms with Gasteiger partial charge < -0.3 is 10.4 Å². The van der Waals surface area contributed by atoms with Crippen molar-refractivity contribution in [1.82, 2.24) is 10.3 Å². The summed E-state index contributed by atoms with van der Waals surface area (Å²) < 4.78 is 0. The number of hydrogen-bond acceptors (Lipinski definition) is 4. The lowest BCUT2D eigenvalue weighted by molar-refractivity contribution is 0.191. The Morgan fingerprint density at radius 3 is 3.14 bits per heavy atom. The molecule has 1 rings (SSSR count). The maximum atomic E-state index is 9.00. The first-order valence-electron chi connectivity index (χ1n) is 4.46. The van der Waals surface area contributed by atoms with Gasteiger partial charge >= 0.3 is 0 Å². The number of hydrogen-bond donors (Lipinski definition) is 2. The molecule has 74 valence electrons. The van der Waals surface area contributed by atoms with Crippen LogP contribution in [0.2, 0.25) is 0 Å². The van der Waals surface area contributed by atoms with Crippen molar-refractivity contribution in [2.24, 2.45) is 0 Å². The fourth-order valence-electron chi connectivity index (χ4n) is 1.07. The Kier molecular flexibility index (Phi) is 4.05. The van der Waals surface area contributed by atoms with Crippen molar-refractivity contribution in [3.63, 3.8) is 0 Å². The summed E-state index contributed by atoms with van der Waals surface area (Å²) in [6.07, 6.45) is 1.25. The van der Waals surface area contributed by atoms with E-state index in [-0.39, 0.29) is 6.10 Å². The zero-order valence-electron chi connectivity index (χ0n) is 8.07. The van der Waals surface area contributed by atoms with E-state index in [4.69, 9.17) is 10.4 Å². The lowest BCUT2D eigenvalue weighted by Gasteiger charge is -2.06. The van der Waals surface area contributed by atoms with E-state index >= 15 is 0 Å². The largest absolute Gasteiger partial charge is 0.392 e. The molecule has 4 heteroatoms. The molecular weight excluding hydrogens is 178 g/mol. The molecule has 0 aliphatic heterocycles. The van der Waals surface area contributed by atoms with Crippen LogP contribution in [0.15, 0.2) is 18.3 Å². The van der Waals surface area contributed by atoms with Crippen LogP contribution in [0.4, 0.5) is 0 Å². The monoisotopic (exact) mass is 191 g/mol. The Balaban J connectivity index is 2.47. The summed E-state index contributed by atoms with van der Waals surface area (Å²) >= 11 is 0. The molecule has 0 saturated carbocycles. The quantitative estimate of drug-likeness (QED) is 0.723. The van der Waals surface area contributed by atoms with Crippen molar-refractivity contribution in [2.75, 3.05) is 6.54 Å². The number of rotatable bonds is 4. The maximum absolute atomic E-state index is 9.00. The zero-order chi connectivity index (χ0) is 10.4. The van der Waals surface area contributed by atoms with Crippen molar-refractivity contribution < 1.29 is 5.11 Å². The summed E-state index contributed by atoms with van der Waals surface area (Å²) in [6.45, 7) is 2.91. The SMILES string of the molecule is CC(O)CNCc1ccnc(C#N)c1. The number of nitrogens with one attached hydrogen (secondary N) is 1. The van der Waals surface area contributed by atoms with Gasteiger partial charge in [-0.3, -0.25) is 0 Å². The summed E-state index contributed by atoms with van der Waals surface area (Å²) in [6, 6.07) is 5.55. The smallest absolute Gasteiger partial charge is 0.140 e. The van der Waals surface area contributed by atoms with Crippen LogP contribution in [0.1, 0.15) is 18.2 Å². The van der Waals surface area contributed by atoms with Gasteiger partial charge in [0.05, 0.1) is 6.10 Å². The van der Waals surface area contributed by atoms with Gasteiger partial charge in [-0.15, -0.1) is 0 Å². The summed E-state index contributed by atoms with van der Waals surface area (Å²) in [5.74, 6) is 0. The molecule has 0 amide bonds. The van der Waals surface area contributed by atoms with Crippen LogP contribution in [0.3, 0.4) is 0 Å². The average molecular weight is 191 g/mol. The van der Waals surface area contributed by atoms with E-state index in [0.717, 1.165) is 5.56 Å². The summed E-state index contributed by atoms with van der Waals surface area (Å²) in [4.78, 5) is 3.86. The lowest BCUT2D eigenvalue weighted by Crippen LogP contribution is -2.23. The minimum Gasteiger partial charge on any atom is -0.392 e. The third-order valence-electron chi connectivity index (χ3n) is 1.71. The third-order valence-corrected chi connectivity index (χ3v) is 1.71. The normalized spacial score (nSPS) is 12.1. The van der Waals surface area contributed by atoms with Gasteiger partial charge in [0.1, 0.15) is 11.8 Å². The first-order valence-corrected chi connectivity index (χ1v) is 4.46. The molecule has 0 aromatic carbocycles. The molecule has 4 nitrogen and oxygen atoms in total. The maximum Gasteiger partial charge on any atom is 0.140 e. The van der Waals surface area contributed by atoms with E-state index in [9.17, 15) is 0 Å². The van der Waals surface area contributed by atoms with E-state index in [1.54, 1.807) is 19.2 Å². The van der Waals surface area contributed by atoms with Crippen LogP contribution in [0.5, 0.6) is 0 Å². The highest BCUT2D eigenvalue weighted by molar-refractivity contribution is 5.25. The fourth-order valence-corrected chi connectivity index (χ4v) is 1.07. The second-order valence-electron chi connectivity index (χ2n) is 3.14. The summed E-state index contributed by atoms with van der Waals surface area (Å²) in [7, 11) is 0. The van der Waals surface area contributed by atoms with E-state index in [2.05, 4.69) is 10.3 Å². The number of nitriles is 1. The Morgan fingerprint density at radius 1 is 1.71 bits per heavy atom. The molecule has 14 heavy (non-hydrogen) atoms. The van der Waals surface area contributed by atoms with Gasteiger partial charge in [-0.05, 0) is 24.6 Å². The number of pyridine rings is 1.